The van der Waals surface area contributed by atoms with Crippen molar-refractivity contribution in [3.63, 3.8) is 0 Å². The van der Waals surface area contributed by atoms with Gasteiger partial charge in [0.25, 0.3) is 0 Å². The zero-order valence-electron chi connectivity index (χ0n) is 10.6. The Morgan fingerprint density at radius 1 is 1.40 bits per heavy atom. The maximum absolute atomic E-state index is 11.8. The normalized spacial score (nSPS) is 15.1. The van der Waals surface area contributed by atoms with Crippen molar-refractivity contribution in [2.24, 2.45) is 0 Å². The summed E-state index contributed by atoms with van der Waals surface area (Å²) < 4.78 is 5.08. The van der Waals surface area contributed by atoms with Crippen molar-refractivity contribution in [3.8, 4) is 0 Å². The topological polar surface area (TPSA) is 41.6 Å². The molecule has 4 heteroatoms. The smallest absolute Gasteiger partial charge is 0.327 e. The molecule has 0 rings (SSSR count). The summed E-state index contributed by atoms with van der Waals surface area (Å²) in [4.78, 5) is 13.9. The molecule has 0 spiro atoms. The van der Waals surface area contributed by atoms with Gasteiger partial charge in [-0.25, -0.2) is 0 Å². The van der Waals surface area contributed by atoms with Gasteiger partial charge in [-0.1, -0.05) is 13.8 Å². The van der Waals surface area contributed by atoms with Gasteiger partial charge in [-0.15, -0.1) is 0 Å². The number of rotatable bonds is 7. The standard InChI is InChI=1S/C11H24N2O2/c1-6-12-11(4,9-13(5)7-2)10(14)15-8-3/h12H,6-9H2,1-5H3. The average Bonchev–Trinajstić information content (AvgIpc) is 2.18. The lowest BCUT2D eigenvalue weighted by Gasteiger charge is -2.31. The Kier molecular flexibility index (Phi) is 6.52. The Labute approximate surface area is 93.0 Å². The third kappa shape index (κ3) is 4.62. The van der Waals surface area contributed by atoms with Crippen molar-refractivity contribution in [3.05, 3.63) is 0 Å². The molecule has 0 aromatic carbocycles. The molecule has 0 heterocycles. The second-order valence-corrected chi connectivity index (χ2v) is 3.91. The van der Waals surface area contributed by atoms with Gasteiger partial charge in [-0.3, -0.25) is 4.79 Å². The van der Waals surface area contributed by atoms with Gasteiger partial charge in [0.15, 0.2) is 0 Å². The molecule has 15 heavy (non-hydrogen) atoms. The van der Waals surface area contributed by atoms with Crippen molar-refractivity contribution < 1.29 is 9.53 Å². The maximum atomic E-state index is 11.8. The quantitative estimate of drug-likeness (QED) is 0.641. The molecule has 0 fully saturated rings. The van der Waals surface area contributed by atoms with Crippen molar-refractivity contribution in [1.29, 1.82) is 0 Å². The number of esters is 1. The number of nitrogens with zero attached hydrogens (tertiary/aromatic N) is 1. The minimum Gasteiger partial charge on any atom is -0.465 e. The van der Waals surface area contributed by atoms with E-state index in [1.807, 2.05) is 27.8 Å². The van der Waals surface area contributed by atoms with Crippen LogP contribution in [0.1, 0.15) is 27.7 Å². The Morgan fingerprint density at radius 2 is 2.00 bits per heavy atom. The number of carbonyl (C=O) groups is 1. The van der Waals surface area contributed by atoms with Crippen LogP contribution in [0.2, 0.25) is 0 Å². The number of ether oxygens (including phenoxy) is 1. The predicted octanol–water partition coefficient (Wildman–Crippen LogP) is 0.869. The highest BCUT2D eigenvalue weighted by molar-refractivity contribution is 5.80. The van der Waals surface area contributed by atoms with Crippen molar-refractivity contribution >= 4 is 5.97 Å². The molecule has 0 radical (unpaired) electrons. The van der Waals surface area contributed by atoms with E-state index in [9.17, 15) is 4.79 Å². The number of nitrogens with one attached hydrogen (secondary N) is 1. The molecule has 1 N–H and O–H groups in total. The first-order valence-electron chi connectivity index (χ1n) is 5.61. The summed E-state index contributed by atoms with van der Waals surface area (Å²) in [6.07, 6.45) is 0. The third-order valence-electron chi connectivity index (χ3n) is 2.42. The molecule has 1 unspecified atom stereocenters. The van der Waals surface area contributed by atoms with Crippen LogP contribution in [0, 0.1) is 0 Å². The Bertz CT molecular complexity index is 197. The monoisotopic (exact) mass is 216 g/mol. The van der Waals surface area contributed by atoms with Gasteiger partial charge >= 0.3 is 5.97 Å². The van der Waals surface area contributed by atoms with E-state index < -0.39 is 5.54 Å². The number of likely N-dealkylation sites (N-methyl/N-ethyl adjacent to an activating group) is 2. The van der Waals surface area contributed by atoms with Gasteiger partial charge in [0.05, 0.1) is 6.61 Å². The van der Waals surface area contributed by atoms with Crippen LogP contribution in [0.15, 0.2) is 0 Å². The second-order valence-electron chi connectivity index (χ2n) is 3.91. The molecule has 4 nitrogen and oxygen atoms in total. The van der Waals surface area contributed by atoms with Gasteiger partial charge in [0.1, 0.15) is 5.54 Å². The summed E-state index contributed by atoms with van der Waals surface area (Å²) in [5.41, 5.74) is -0.602. The minimum absolute atomic E-state index is 0.174. The lowest BCUT2D eigenvalue weighted by molar-refractivity contribution is -0.151. The van der Waals surface area contributed by atoms with E-state index in [1.54, 1.807) is 0 Å². The van der Waals surface area contributed by atoms with Gasteiger partial charge in [-0.05, 0) is 34.0 Å². The molecule has 0 aromatic heterocycles. The van der Waals surface area contributed by atoms with Gasteiger partial charge < -0.3 is 15.0 Å². The summed E-state index contributed by atoms with van der Waals surface area (Å²) in [6.45, 7) is 10.5. The summed E-state index contributed by atoms with van der Waals surface area (Å²) in [5, 5.41) is 3.19. The fourth-order valence-electron chi connectivity index (χ4n) is 1.52. The van der Waals surface area contributed by atoms with Crippen LogP contribution >= 0.6 is 0 Å². The average molecular weight is 216 g/mol. The van der Waals surface area contributed by atoms with Crippen molar-refractivity contribution in [2.75, 3.05) is 33.3 Å². The number of hydrogen-bond acceptors (Lipinski definition) is 4. The van der Waals surface area contributed by atoms with Crippen LogP contribution < -0.4 is 5.32 Å². The van der Waals surface area contributed by atoms with E-state index in [1.165, 1.54) is 0 Å². The van der Waals surface area contributed by atoms with Crippen molar-refractivity contribution in [2.45, 2.75) is 33.2 Å². The molecule has 0 amide bonds. The second kappa shape index (κ2) is 6.80. The fourth-order valence-corrected chi connectivity index (χ4v) is 1.52. The highest BCUT2D eigenvalue weighted by Gasteiger charge is 2.34. The summed E-state index contributed by atoms with van der Waals surface area (Å²) in [5.74, 6) is -0.174. The minimum atomic E-state index is -0.602. The summed E-state index contributed by atoms with van der Waals surface area (Å²) in [6, 6.07) is 0. The van der Waals surface area contributed by atoms with Crippen LogP contribution in [-0.2, 0) is 9.53 Å². The van der Waals surface area contributed by atoms with E-state index in [0.29, 0.717) is 13.2 Å². The van der Waals surface area contributed by atoms with Gasteiger partial charge in [-0.2, -0.15) is 0 Å². The van der Waals surface area contributed by atoms with E-state index in [0.717, 1.165) is 13.1 Å². The van der Waals surface area contributed by atoms with Gasteiger partial charge in [0.2, 0.25) is 0 Å². The zero-order chi connectivity index (χ0) is 11.9. The first-order valence-corrected chi connectivity index (χ1v) is 5.61. The van der Waals surface area contributed by atoms with Crippen LogP contribution in [-0.4, -0.2) is 49.7 Å². The lowest BCUT2D eigenvalue weighted by Crippen LogP contribution is -2.57. The number of carbonyl (C=O) groups excluding carboxylic acids is 1. The van der Waals surface area contributed by atoms with Crippen LogP contribution in [0.3, 0.4) is 0 Å². The van der Waals surface area contributed by atoms with Crippen LogP contribution in [0.4, 0.5) is 0 Å². The Hall–Kier alpha value is -0.610. The lowest BCUT2D eigenvalue weighted by atomic mass is 10.0. The number of hydrogen-bond donors (Lipinski definition) is 1. The molecule has 0 saturated heterocycles. The molecule has 0 aliphatic heterocycles. The SMILES string of the molecule is CCNC(C)(CN(C)CC)C(=O)OCC. The molecule has 0 saturated carbocycles. The molecule has 0 aromatic rings. The highest BCUT2D eigenvalue weighted by atomic mass is 16.5. The van der Waals surface area contributed by atoms with E-state index in [4.69, 9.17) is 4.74 Å². The third-order valence-corrected chi connectivity index (χ3v) is 2.42. The van der Waals surface area contributed by atoms with E-state index in [-0.39, 0.29) is 5.97 Å². The fraction of sp³-hybridized carbons (Fsp3) is 0.909. The van der Waals surface area contributed by atoms with Crippen LogP contribution in [0.25, 0.3) is 0 Å². The molecule has 0 aliphatic carbocycles. The van der Waals surface area contributed by atoms with E-state index >= 15 is 0 Å². The molecular weight excluding hydrogens is 192 g/mol. The summed E-state index contributed by atoms with van der Waals surface area (Å²) in [7, 11) is 1.99. The van der Waals surface area contributed by atoms with Crippen molar-refractivity contribution in [1.82, 2.24) is 10.2 Å². The molecule has 0 aliphatic rings. The first kappa shape index (κ1) is 14.4. The predicted molar refractivity (Wildman–Crippen MR) is 61.9 cm³/mol. The highest BCUT2D eigenvalue weighted by Crippen LogP contribution is 2.08. The Morgan fingerprint density at radius 3 is 2.40 bits per heavy atom. The maximum Gasteiger partial charge on any atom is 0.327 e. The van der Waals surface area contributed by atoms with Crippen LogP contribution in [0.5, 0.6) is 0 Å². The summed E-state index contributed by atoms with van der Waals surface area (Å²) >= 11 is 0. The molecular formula is C11H24N2O2. The van der Waals surface area contributed by atoms with E-state index in [2.05, 4.69) is 17.1 Å². The Balaban J connectivity index is 4.49. The largest absolute Gasteiger partial charge is 0.465 e. The molecule has 90 valence electrons. The zero-order valence-corrected chi connectivity index (χ0v) is 10.6. The molecule has 0 bridgehead atoms. The molecule has 1 atom stereocenters. The van der Waals surface area contributed by atoms with Gasteiger partial charge in [0, 0.05) is 6.54 Å². The first-order chi connectivity index (χ1) is 7.00.